The molecule has 3 rings (SSSR count). The molecule has 7 heteroatoms. The fourth-order valence-electron chi connectivity index (χ4n) is 2.29. The van der Waals surface area contributed by atoms with Crippen LogP contribution >= 0.6 is 11.8 Å². The smallest absolute Gasteiger partial charge is 0.267 e. The third-order valence-corrected chi connectivity index (χ3v) is 4.40. The van der Waals surface area contributed by atoms with Gasteiger partial charge in [-0.05, 0) is 6.07 Å². The molecular formula is C15H15N3O3S. The maximum atomic E-state index is 12.3. The summed E-state index contributed by atoms with van der Waals surface area (Å²) in [7, 11) is 1.58. The SMILES string of the molecule is COc1ccccc1CNC(=O)c1cnc2n(c1=O)CCS2. The van der Waals surface area contributed by atoms with Gasteiger partial charge in [-0.1, -0.05) is 30.0 Å². The summed E-state index contributed by atoms with van der Waals surface area (Å²) >= 11 is 1.52. The fourth-order valence-corrected chi connectivity index (χ4v) is 3.21. The molecule has 2 aromatic rings. The third-order valence-electron chi connectivity index (χ3n) is 3.43. The number of aromatic nitrogens is 2. The largest absolute Gasteiger partial charge is 0.496 e. The molecular weight excluding hydrogens is 302 g/mol. The highest BCUT2D eigenvalue weighted by atomic mass is 32.2. The number of para-hydroxylation sites is 1. The maximum Gasteiger partial charge on any atom is 0.267 e. The van der Waals surface area contributed by atoms with Crippen LogP contribution in [0.1, 0.15) is 15.9 Å². The van der Waals surface area contributed by atoms with Crippen LogP contribution in [0.15, 0.2) is 40.4 Å². The molecule has 1 aromatic carbocycles. The molecule has 0 fully saturated rings. The predicted octanol–water partition coefficient (Wildman–Crippen LogP) is 1.29. The summed E-state index contributed by atoms with van der Waals surface area (Å²) in [5, 5.41) is 3.42. The molecule has 1 N–H and O–H groups in total. The molecule has 1 aliphatic rings. The predicted molar refractivity (Wildman–Crippen MR) is 83.4 cm³/mol. The van der Waals surface area contributed by atoms with E-state index in [9.17, 15) is 9.59 Å². The molecule has 1 aliphatic heterocycles. The summed E-state index contributed by atoms with van der Waals surface area (Å²) in [4.78, 5) is 28.7. The van der Waals surface area contributed by atoms with Crippen LogP contribution in [0, 0.1) is 0 Å². The molecule has 114 valence electrons. The van der Waals surface area contributed by atoms with Crippen molar-refractivity contribution in [2.75, 3.05) is 12.9 Å². The molecule has 1 amide bonds. The second-order valence-corrected chi connectivity index (χ2v) is 5.82. The normalized spacial score (nSPS) is 12.8. The van der Waals surface area contributed by atoms with Crippen molar-refractivity contribution in [2.24, 2.45) is 0 Å². The average molecular weight is 317 g/mol. The Kier molecular flexibility index (Phi) is 4.15. The first-order valence-electron chi connectivity index (χ1n) is 6.83. The van der Waals surface area contributed by atoms with Crippen LogP contribution in [-0.4, -0.2) is 28.3 Å². The average Bonchev–Trinajstić information content (AvgIpc) is 3.02. The lowest BCUT2D eigenvalue weighted by Gasteiger charge is -2.10. The fraction of sp³-hybridized carbons (Fsp3) is 0.267. The van der Waals surface area contributed by atoms with Crippen LogP contribution < -0.4 is 15.6 Å². The summed E-state index contributed by atoms with van der Waals surface area (Å²) < 4.78 is 6.78. The minimum absolute atomic E-state index is 0.0705. The van der Waals surface area contributed by atoms with Crippen molar-refractivity contribution >= 4 is 17.7 Å². The minimum Gasteiger partial charge on any atom is -0.496 e. The summed E-state index contributed by atoms with van der Waals surface area (Å²) in [5.74, 6) is 1.09. The number of rotatable bonds is 4. The number of ether oxygens (including phenoxy) is 1. The molecule has 6 nitrogen and oxygen atoms in total. The van der Waals surface area contributed by atoms with Crippen LogP contribution in [0.3, 0.4) is 0 Å². The van der Waals surface area contributed by atoms with Crippen LogP contribution in [0.25, 0.3) is 0 Å². The van der Waals surface area contributed by atoms with E-state index in [1.165, 1.54) is 18.0 Å². The number of amides is 1. The van der Waals surface area contributed by atoms with Crippen molar-refractivity contribution < 1.29 is 9.53 Å². The number of hydrogen-bond acceptors (Lipinski definition) is 5. The van der Waals surface area contributed by atoms with Crippen LogP contribution in [0.4, 0.5) is 0 Å². The van der Waals surface area contributed by atoms with Gasteiger partial charge in [-0.3, -0.25) is 14.2 Å². The Morgan fingerprint density at radius 1 is 1.45 bits per heavy atom. The number of thioether (sulfide) groups is 1. The Hall–Kier alpha value is -2.28. The maximum absolute atomic E-state index is 12.3. The van der Waals surface area contributed by atoms with Gasteiger partial charge < -0.3 is 10.1 Å². The first kappa shape index (κ1) is 14.6. The van der Waals surface area contributed by atoms with Gasteiger partial charge in [0.25, 0.3) is 11.5 Å². The lowest BCUT2D eigenvalue weighted by atomic mass is 10.2. The van der Waals surface area contributed by atoms with Gasteiger partial charge in [-0.2, -0.15) is 0 Å². The molecule has 0 atom stereocenters. The standard InChI is InChI=1S/C15H15N3O3S/c1-21-12-5-3-2-4-10(12)8-16-13(19)11-9-17-15-18(14(11)20)6-7-22-15/h2-5,9H,6-8H2,1H3,(H,16,19). The number of nitrogens with one attached hydrogen (secondary N) is 1. The van der Waals surface area contributed by atoms with E-state index >= 15 is 0 Å². The van der Waals surface area contributed by atoms with Gasteiger partial charge in [0.2, 0.25) is 0 Å². The third kappa shape index (κ3) is 2.71. The van der Waals surface area contributed by atoms with Gasteiger partial charge in [0.1, 0.15) is 11.3 Å². The van der Waals surface area contributed by atoms with E-state index in [2.05, 4.69) is 10.3 Å². The van der Waals surface area contributed by atoms with Crippen molar-refractivity contribution in [3.05, 3.63) is 51.9 Å². The highest BCUT2D eigenvalue weighted by molar-refractivity contribution is 7.99. The minimum atomic E-state index is -0.421. The molecule has 0 saturated heterocycles. The van der Waals surface area contributed by atoms with Crippen LogP contribution in [0.2, 0.25) is 0 Å². The Labute approximate surface area is 131 Å². The summed E-state index contributed by atoms with van der Waals surface area (Å²) in [6.07, 6.45) is 1.35. The van der Waals surface area contributed by atoms with Crippen LogP contribution in [0.5, 0.6) is 5.75 Å². The number of hydrogen-bond donors (Lipinski definition) is 1. The van der Waals surface area contributed by atoms with Crippen molar-refractivity contribution in [3.8, 4) is 5.75 Å². The van der Waals surface area contributed by atoms with Crippen molar-refractivity contribution in [1.82, 2.24) is 14.9 Å². The number of carbonyl (C=O) groups is 1. The van der Waals surface area contributed by atoms with E-state index in [0.29, 0.717) is 24.0 Å². The lowest BCUT2D eigenvalue weighted by molar-refractivity contribution is 0.0947. The van der Waals surface area contributed by atoms with Gasteiger partial charge in [0.05, 0.1) is 7.11 Å². The number of methoxy groups -OCH3 is 1. The zero-order valence-electron chi connectivity index (χ0n) is 12.0. The summed E-state index contributed by atoms with van der Waals surface area (Å²) in [6.45, 7) is 0.887. The Bertz CT molecular complexity index is 773. The van der Waals surface area contributed by atoms with E-state index in [1.807, 2.05) is 24.3 Å². The second-order valence-electron chi connectivity index (χ2n) is 4.75. The van der Waals surface area contributed by atoms with Gasteiger partial charge in [-0.25, -0.2) is 4.98 Å². The van der Waals surface area contributed by atoms with E-state index < -0.39 is 5.91 Å². The van der Waals surface area contributed by atoms with Crippen LogP contribution in [-0.2, 0) is 13.1 Å². The van der Waals surface area contributed by atoms with Gasteiger partial charge in [-0.15, -0.1) is 0 Å². The molecule has 0 unspecified atom stereocenters. The van der Waals surface area contributed by atoms with E-state index in [0.717, 1.165) is 11.3 Å². The zero-order valence-corrected chi connectivity index (χ0v) is 12.9. The van der Waals surface area contributed by atoms with Crippen molar-refractivity contribution in [2.45, 2.75) is 18.2 Å². The monoisotopic (exact) mass is 317 g/mol. The van der Waals surface area contributed by atoms with Gasteiger partial charge >= 0.3 is 0 Å². The molecule has 0 bridgehead atoms. The topological polar surface area (TPSA) is 73.2 Å². The van der Waals surface area contributed by atoms with Gasteiger partial charge in [0.15, 0.2) is 5.16 Å². The molecule has 1 aromatic heterocycles. The number of benzene rings is 1. The Morgan fingerprint density at radius 2 is 2.27 bits per heavy atom. The van der Waals surface area contributed by atoms with E-state index in [4.69, 9.17) is 4.74 Å². The van der Waals surface area contributed by atoms with Crippen molar-refractivity contribution in [1.29, 1.82) is 0 Å². The van der Waals surface area contributed by atoms with Gasteiger partial charge in [0, 0.05) is 30.6 Å². The molecule has 0 aliphatic carbocycles. The first-order chi connectivity index (χ1) is 10.7. The van der Waals surface area contributed by atoms with E-state index in [-0.39, 0.29) is 11.1 Å². The molecule has 22 heavy (non-hydrogen) atoms. The molecule has 0 saturated carbocycles. The first-order valence-corrected chi connectivity index (χ1v) is 7.82. The number of nitrogens with zero attached hydrogens (tertiary/aromatic N) is 2. The summed E-state index contributed by atoms with van der Waals surface area (Å²) in [5.41, 5.74) is 0.636. The Balaban J connectivity index is 1.77. The Morgan fingerprint density at radius 3 is 3.09 bits per heavy atom. The highest BCUT2D eigenvalue weighted by Gasteiger charge is 2.19. The number of carbonyl (C=O) groups excluding carboxylic acids is 1. The molecule has 0 spiro atoms. The van der Waals surface area contributed by atoms with E-state index in [1.54, 1.807) is 11.7 Å². The zero-order chi connectivity index (χ0) is 15.5. The lowest BCUT2D eigenvalue weighted by Crippen LogP contribution is -2.33. The second kappa shape index (κ2) is 6.23. The van der Waals surface area contributed by atoms with Crippen molar-refractivity contribution in [3.63, 3.8) is 0 Å². The molecule has 0 radical (unpaired) electrons. The highest BCUT2D eigenvalue weighted by Crippen LogP contribution is 2.20. The summed E-state index contributed by atoms with van der Waals surface area (Å²) in [6, 6.07) is 7.42. The molecule has 2 heterocycles. The number of fused-ring (bicyclic) bond motifs is 1. The quantitative estimate of drug-likeness (QED) is 0.860.